The number of halogens is 2. The molecule has 1 fully saturated rings. The largest absolute Gasteiger partial charge is 0.289 e. The van der Waals surface area contributed by atoms with E-state index in [1.54, 1.807) is 48.6 Å². The van der Waals surface area contributed by atoms with Crippen LogP contribution in [0.15, 0.2) is 59.7 Å². The van der Waals surface area contributed by atoms with Crippen molar-refractivity contribution in [3.8, 4) is 0 Å². The summed E-state index contributed by atoms with van der Waals surface area (Å²) in [5.41, 5.74) is 1.81. The third-order valence-corrected chi connectivity index (χ3v) is 3.78. The predicted molar refractivity (Wildman–Crippen MR) is 89.1 cm³/mol. The second kappa shape index (κ2) is 6.74. The summed E-state index contributed by atoms with van der Waals surface area (Å²) in [5.74, 6) is -0.880. The van der Waals surface area contributed by atoms with Crippen LogP contribution in [-0.2, 0) is 4.79 Å². The summed E-state index contributed by atoms with van der Waals surface area (Å²) in [5, 5.41) is 0. The first-order valence-electron chi connectivity index (χ1n) is 7.42. The Kier molecular flexibility index (Phi) is 4.51. The van der Waals surface area contributed by atoms with Crippen molar-refractivity contribution in [2.45, 2.75) is 12.6 Å². The molecule has 2 aromatic rings. The lowest BCUT2D eigenvalue weighted by atomic mass is 9.60. The Bertz CT molecular complexity index is 743. The van der Waals surface area contributed by atoms with Crippen molar-refractivity contribution < 1.29 is 13.6 Å². The lowest BCUT2D eigenvalue weighted by Gasteiger charge is -2.16. The van der Waals surface area contributed by atoms with E-state index >= 15 is 0 Å². The Labute approximate surface area is 134 Å². The molecule has 113 valence electrons. The van der Waals surface area contributed by atoms with Crippen molar-refractivity contribution in [1.29, 1.82) is 0 Å². The van der Waals surface area contributed by atoms with Crippen LogP contribution in [0, 0.1) is 11.6 Å². The minimum absolute atomic E-state index is 0.154. The van der Waals surface area contributed by atoms with Crippen LogP contribution in [0.3, 0.4) is 0 Å². The third kappa shape index (κ3) is 3.47. The average Bonchev–Trinajstić information content (AvgIpc) is 2.55. The fourth-order valence-corrected chi connectivity index (χ4v) is 2.58. The Hall–Kier alpha value is -2.49. The van der Waals surface area contributed by atoms with Crippen LogP contribution in [0.2, 0.25) is 12.6 Å². The number of carbonyl (C=O) groups is 1. The highest BCUT2D eigenvalue weighted by Gasteiger charge is 2.21. The van der Waals surface area contributed by atoms with Crippen molar-refractivity contribution in [2.75, 3.05) is 0 Å². The number of Topliss-reactive ketones (excluding diaryl/α,β-unsaturated/α-hetero) is 1. The molecule has 1 saturated heterocycles. The summed E-state index contributed by atoms with van der Waals surface area (Å²) in [4.78, 5) is 12.6. The van der Waals surface area contributed by atoms with Crippen LogP contribution < -0.4 is 0 Å². The van der Waals surface area contributed by atoms with E-state index in [-0.39, 0.29) is 17.4 Å². The molecule has 1 heterocycles. The zero-order chi connectivity index (χ0) is 16.2. The maximum atomic E-state index is 13.7. The van der Waals surface area contributed by atoms with E-state index in [0.717, 1.165) is 0 Å². The summed E-state index contributed by atoms with van der Waals surface area (Å²) in [6.07, 6.45) is 4.12. The van der Waals surface area contributed by atoms with Gasteiger partial charge in [-0.05, 0) is 35.4 Å². The highest BCUT2D eigenvalue weighted by Crippen LogP contribution is 2.26. The van der Waals surface area contributed by atoms with E-state index in [1.807, 2.05) is 7.28 Å². The topological polar surface area (TPSA) is 17.1 Å². The molecule has 4 heteroatoms. The summed E-state index contributed by atoms with van der Waals surface area (Å²) < 4.78 is 27.5. The van der Waals surface area contributed by atoms with Gasteiger partial charge in [0.15, 0.2) is 5.78 Å². The van der Waals surface area contributed by atoms with Crippen molar-refractivity contribution in [2.24, 2.45) is 0 Å². The Morgan fingerprint density at radius 3 is 1.65 bits per heavy atom. The molecule has 0 aliphatic carbocycles. The van der Waals surface area contributed by atoms with E-state index < -0.39 is 0 Å². The molecular formula is C19H14BF2O. The number of hydrogen-bond donors (Lipinski definition) is 0. The van der Waals surface area contributed by atoms with Crippen LogP contribution in [0.1, 0.15) is 11.1 Å². The van der Waals surface area contributed by atoms with Gasteiger partial charge < -0.3 is 0 Å². The maximum absolute atomic E-state index is 13.7. The molecule has 0 unspecified atom stereocenters. The van der Waals surface area contributed by atoms with Crippen molar-refractivity contribution in [1.82, 2.24) is 0 Å². The summed E-state index contributed by atoms with van der Waals surface area (Å²) in [6.45, 7) is 0. The van der Waals surface area contributed by atoms with E-state index in [9.17, 15) is 13.6 Å². The van der Waals surface area contributed by atoms with E-state index in [2.05, 4.69) is 0 Å². The quantitative estimate of drug-likeness (QED) is 0.587. The Morgan fingerprint density at radius 1 is 0.783 bits per heavy atom. The van der Waals surface area contributed by atoms with Gasteiger partial charge in [0.25, 0.3) is 0 Å². The van der Waals surface area contributed by atoms with Gasteiger partial charge in [-0.15, -0.1) is 0 Å². The molecule has 0 aromatic heterocycles. The molecule has 1 radical (unpaired) electrons. The van der Waals surface area contributed by atoms with Gasteiger partial charge in [-0.25, -0.2) is 8.78 Å². The van der Waals surface area contributed by atoms with E-state index in [0.29, 0.717) is 34.9 Å². The zero-order valence-electron chi connectivity index (χ0n) is 12.4. The number of allylic oxidation sites excluding steroid dienone is 2. The number of rotatable bonds is 2. The number of carbonyl (C=O) groups excluding carboxylic acids is 1. The lowest BCUT2D eigenvalue weighted by molar-refractivity contribution is -0.112. The molecule has 1 aliphatic heterocycles. The number of benzene rings is 2. The van der Waals surface area contributed by atoms with Crippen LogP contribution in [-0.4, -0.2) is 13.1 Å². The van der Waals surface area contributed by atoms with Gasteiger partial charge in [0.2, 0.25) is 0 Å². The van der Waals surface area contributed by atoms with Gasteiger partial charge in [0.05, 0.1) is 0 Å². The molecule has 1 nitrogen and oxygen atoms in total. The van der Waals surface area contributed by atoms with Gasteiger partial charge in [0.1, 0.15) is 18.9 Å². The monoisotopic (exact) mass is 307 g/mol. The summed E-state index contributed by atoms with van der Waals surface area (Å²) in [6, 6.07) is 12.6. The molecule has 0 bridgehead atoms. The van der Waals surface area contributed by atoms with Gasteiger partial charge >= 0.3 is 0 Å². The summed E-state index contributed by atoms with van der Waals surface area (Å²) >= 11 is 0. The van der Waals surface area contributed by atoms with Gasteiger partial charge in [0, 0.05) is 11.1 Å². The maximum Gasteiger partial charge on any atom is 0.183 e. The van der Waals surface area contributed by atoms with Gasteiger partial charge in [-0.1, -0.05) is 49.0 Å². The second-order valence-electron chi connectivity index (χ2n) is 5.41. The fraction of sp³-hybridized carbons (Fsp3) is 0.105. The second-order valence-corrected chi connectivity index (χ2v) is 5.41. The minimum Gasteiger partial charge on any atom is -0.289 e. The minimum atomic E-state index is -0.363. The first-order chi connectivity index (χ1) is 11.1. The molecule has 0 atom stereocenters. The smallest absolute Gasteiger partial charge is 0.183 e. The highest BCUT2D eigenvalue weighted by molar-refractivity contribution is 6.45. The van der Waals surface area contributed by atoms with Gasteiger partial charge in [-0.2, -0.15) is 0 Å². The average molecular weight is 307 g/mol. The number of ketones is 1. The predicted octanol–water partition coefficient (Wildman–Crippen LogP) is 4.56. The normalized spacial score (nSPS) is 18.3. The van der Waals surface area contributed by atoms with Crippen molar-refractivity contribution in [3.05, 3.63) is 82.4 Å². The number of hydrogen-bond acceptors (Lipinski definition) is 1. The summed E-state index contributed by atoms with van der Waals surface area (Å²) in [7, 11) is 1.95. The Balaban J connectivity index is 1.93. The molecule has 0 spiro atoms. The lowest BCUT2D eigenvalue weighted by Crippen LogP contribution is -2.16. The highest BCUT2D eigenvalue weighted by atomic mass is 19.1. The van der Waals surface area contributed by atoms with E-state index in [4.69, 9.17) is 0 Å². The van der Waals surface area contributed by atoms with Crippen molar-refractivity contribution in [3.63, 3.8) is 0 Å². The molecular weight excluding hydrogens is 293 g/mol. The molecule has 1 aliphatic rings. The molecule has 0 N–H and O–H groups in total. The van der Waals surface area contributed by atoms with Gasteiger partial charge in [-0.3, -0.25) is 4.79 Å². The third-order valence-electron chi connectivity index (χ3n) is 3.78. The first kappa shape index (κ1) is 15.4. The molecule has 23 heavy (non-hydrogen) atoms. The fourth-order valence-electron chi connectivity index (χ4n) is 2.58. The zero-order valence-corrected chi connectivity index (χ0v) is 12.4. The van der Waals surface area contributed by atoms with E-state index in [1.165, 1.54) is 12.1 Å². The first-order valence-corrected chi connectivity index (χ1v) is 7.42. The van der Waals surface area contributed by atoms with Crippen LogP contribution in [0.4, 0.5) is 8.78 Å². The Morgan fingerprint density at radius 2 is 1.22 bits per heavy atom. The molecule has 2 aromatic carbocycles. The van der Waals surface area contributed by atoms with Crippen molar-refractivity contribution >= 4 is 25.2 Å². The standard InChI is InChI=1S/C19H14BF2O/c21-17-7-3-1-5-13(17)9-15-11-20-12-16(19(15)23)10-14-6-2-4-8-18(14)22/h1-10H,11-12H2/b15-9+,16-10+. The van der Waals surface area contributed by atoms with Crippen LogP contribution >= 0.6 is 0 Å². The SMILES string of the molecule is O=C1/C(=C/c2ccccc2F)C[B]C/C1=C\c1ccccc1F. The van der Waals surface area contributed by atoms with Crippen LogP contribution in [0.25, 0.3) is 12.2 Å². The van der Waals surface area contributed by atoms with Crippen LogP contribution in [0.5, 0.6) is 0 Å². The molecule has 0 saturated carbocycles. The molecule has 3 rings (SSSR count). The molecule has 0 amide bonds.